The zero-order valence-corrected chi connectivity index (χ0v) is 14.6. The van der Waals surface area contributed by atoms with Gasteiger partial charge in [-0.3, -0.25) is 4.31 Å². The highest BCUT2D eigenvalue weighted by Crippen LogP contribution is 2.24. The Balaban J connectivity index is 1.78. The Kier molecular flexibility index (Phi) is 4.46. The van der Waals surface area contributed by atoms with E-state index in [2.05, 4.69) is 37.9 Å². The summed E-state index contributed by atoms with van der Waals surface area (Å²) in [4.78, 5) is 4.23. The summed E-state index contributed by atoms with van der Waals surface area (Å²) < 4.78 is 17.1. The first-order valence-corrected chi connectivity index (χ1v) is 8.77. The maximum absolute atomic E-state index is 12.8. The third kappa shape index (κ3) is 3.14. The van der Waals surface area contributed by atoms with Gasteiger partial charge in [-0.1, -0.05) is 11.8 Å². The molecule has 3 rings (SSSR count). The fourth-order valence-electron chi connectivity index (χ4n) is 2.25. The monoisotopic (exact) mass is 389 g/mol. The molecule has 0 bridgehead atoms. The van der Waals surface area contributed by atoms with Crippen molar-refractivity contribution in [1.29, 1.82) is 5.26 Å². The van der Waals surface area contributed by atoms with Crippen molar-refractivity contribution in [3.05, 3.63) is 34.2 Å². The van der Waals surface area contributed by atoms with Crippen LogP contribution in [0.4, 0.5) is 0 Å². The maximum atomic E-state index is 12.8. The Morgan fingerprint density at radius 1 is 1.61 bits per heavy atom. The molecule has 6 nitrogen and oxygen atoms in total. The number of rotatable bonds is 2. The van der Waals surface area contributed by atoms with Gasteiger partial charge >= 0.3 is 0 Å². The third-order valence-corrected chi connectivity index (χ3v) is 5.76. The first kappa shape index (κ1) is 15.7. The molecule has 0 saturated heterocycles. The molecule has 0 radical (unpaired) electrons. The minimum absolute atomic E-state index is 0.168. The molecule has 0 N–H and O–H groups in total. The van der Waals surface area contributed by atoms with Crippen LogP contribution < -0.4 is 0 Å². The zero-order valence-electron chi connectivity index (χ0n) is 12.2. The summed E-state index contributed by atoms with van der Waals surface area (Å²) in [7, 11) is 0.437. The van der Waals surface area contributed by atoms with E-state index in [4.69, 9.17) is 5.26 Å². The molecule has 3 heterocycles. The molecular formula is C15H12BrN5OS. The molecule has 0 saturated carbocycles. The second-order valence-corrected chi connectivity index (χ2v) is 7.48. The lowest BCUT2D eigenvalue weighted by Crippen LogP contribution is -2.36. The standard InChI is InChI=1S/C15H12BrN5OS/c1-20(15-4-2-3-11(8-17)9-18-15)23(22)12-5-6-21-14(7-12)13(16)10-19-21/h5-6,9-10,12H,4,7H2,1H3. The summed E-state index contributed by atoms with van der Waals surface area (Å²) in [6, 6.07) is 1.97. The molecule has 0 fully saturated rings. The van der Waals surface area contributed by atoms with Crippen LogP contribution in [0.15, 0.2) is 33.5 Å². The number of nitrogens with zero attached hydrogens (tertiary/aromatic N) is 5. The smallest absolute Gasteiger partial charge is 0.128 e. The lowest BCUT2D eigenvalue weighted by molar-refractivity contribution is 0.630. The Bertz CT molecular complexity index is 865. The summed E-state index contributed by atoms with van der Waals surface area (Å²) in [5.41, 5.74) is 1.30. The van der Waals surface area contributed by atoms with Crippen LogP contribution in [0.25, 0.3) is 6.20 Å². The summed E-state index contributed by atoms with van der Waals surface area (Å²) in [5, 5.41) is 12.9. The van der Waals surface area contributed by atoms with Gasteiger partial charge in [-0.25, -0.2) is 13.9 Å². The minimum Gasteiger partial charge on any atom is -0.281 e. The predicted octanol–water partition coefficient (Wildman–Crippen LogP) is 1.85. The van der Waals surface area contributed by atoms with Crippen LogP contribution in [0.2, 0.25) is 0 Å². The molecule has 2 unspecified atom stereocenters. The number of allylic oxidation sites excluding steroid dienone is 1. The van der Waals surface area contributed by atoms with Crippen molar-refractivity contribution >= 4 is 39.0 Å². The minimum atomic E-state index is -1.30. The quantitative estimate of drug-likeness (QED) is 0.724. The van der Waals surface area contributed by atoms with E-state index in [1.54, 1.807) is 22.2 Å². The average Bonchev–Trinajstić information content (AvgIpc) is 2.80. The summed E-state index contributed by atoms with van der Waals surface area (Å²) in [5.74, 6) is 6.19. The topological polar surface area (TPSA) is 74.3 Å². The number of halogens is 1. The number of aliphatic imine (C=N–C) groups is 1. The molecule has 2 aliphatic heterocycles. The number of fused-ring (bicyclic) bond motifs is 1. The van der Waals surface area contributed by atoms with Crippen molar-refractivity contribution in [2.45, 2.75) is 18.1 Å². The van der Waals surface area contributed by atoms with E-state index in [-0.39, 0.29) is 5.25 Å². The molecular weight excluding hydrogens is 378 g/mol. The van der Waals surface area contributed by atoms with E-state index in [1.165, 1.54) is 6.20 Å². The Morgan fingerprint density at radius 2 is 2.43 bits per heavy atom. The predicted molar refractivity (Wildman–Crippen MR) is 92.2 cm³/mol. The van der Waals surface area contributed by atoms with Crippen molar-refractivity contribution in [2.75, 3.05) is 7.05 Å². The second-order valence-electron chi connectivity index (χ2n) is 4.92. The maximum Gasteiger partial charge on any atom is 0.128 e. The van der Waals surface area contributed by atoms with Gasteiger partial charge in [0.2, 0.25) is 0 Å². The Morgan fingerprint density at radius 3 is 3.22 bits per heavy atom. The van der Waals surface area contributed by atoms with Crippen LogP contribution in [0, 0.1) is 23.2 Å². The normalized spacial score (nSPS) is 20.1. The molecule has 2 aliphatic rings. The molecule has 2 atom stereocenters. The number of nitriles is 1. The van der Waals surface area contributed by atoms with E-state index in [9.17, 15) is 4.21 Å². The van der Waals surface area contributed by atoms with Crippen LogP contribution in [-0.2, 0) is 17.4 Å². The fraction of sp³-hybridized carbons (Fsp3) is 0.267. The van der Waals surface area contributed by atoms with E-state index < -0.39 is 11.0 Å². The van der Waals surface area contributed by atoms with Gasteiger partial charge in [0.1, 0.15) is 28.5 Å². The molecule has 0 spiro atoms. The zero-order chi connectivity index (χ0) is 16.4. The highest BCUT2D eigenvalue weighted by molar-refractivity contribution is 9.10. The van der Waals surface area contributed by atoms with Gasteiger partial charge < -0.3 is 0 Å². The largest absolute Gasteiger partial charge is 0.281 e. The summed E-state index contributed by atoms with van der Waals surface area (Å²) in [6.45, 7) is 0. The van der Waals surface area contributed by atoms with Gasteiger partial charge in [0.15, 0.2) is 0 Å². The summed E-state index contributed by atoms with van der Waals surface area (Å²) in [6.07, 6.45) is 7.84. The average molecular weight is 390 g/mol. The van der Waals surface area contributed by atoms with Crippen molar-refractivity contribution in [3.8, 4) is 17.9 Å². The third-order valence-electron chi connectivity index (χ3n) is 3.51. The van der Waals surface area contributed by atoms with Crippen LogP contribution >= 0.6 is 15.9 Å². The fourth-order valence-corrected chi connectivity index (χ4v) is 3.92. The van der Waals surface area contributed by atoms with Crippen LogP contribution in [0.5, 0.6) is 0 Å². The highest BCUT2D eigenvalue weighted by atomic mass is 79.9. The molecule has 1 aromatic heterocycles. The van der Waals surface area contributed by atoms with Gasteiger partial charge in [0.25, 0.3) is 0 Å². The molecule has 8 heteroatoms. The van der Waals surface area contributed by atoms with Crippen molar-refractivity contribution in [3.63, 3.8) is 0 Å². The molecule has 116 valence electrons. The first-order valence-electron chi connectivity index (χ1n) is 6.80. The van der Waals surface area contributed by atoms with E-state index in [0.717, 1.165) is 10.2 Å². The molecule has 0 aliphatic carbocycles. The number of amidine groups is 1. The Labute approximate surface area is 144 Å². The van der Waals surface area contributed by atoms with Crippen molar-refractivity contribution in [2.24, 2.45) is 4.99 Å². The molecule has 0 aromatic carbocycles. The van der Waals surface area contributed by atoms with Crippen molar-refractivity contribution in [1.82, 2.24) is 14.1 Å². The first-order chi connectivity index (χ1) is 11.1. The second kappa shape index (κ2) is 6.53. The molecule has 23 heavy (non-hydrogen) atoms. The van der Waals surface area contributed by atoms with Gasteiger partial charge in [-0.2, -0.15) is 10.4 Å². The van der Waals surface area contributed by atoms with Crippen LogP contribution in [-0.4, -0.2) is 36.4 Å². The number of aromatic nitrogens is 2. The highest BCUT2D eigenvalue weighted by Gasteiger charge is 2.26. The lowest BCUT2D eigenvalue weighted by atomic mass is 10.2. The van der Waals surface area contributed by atoms with E-state index in [0.29, 0.717) is 24.3 Å². The van der Waals surface area contributed by atoms with Crippen LogP contribution in [0.3, 0.4) is 0 Å². The van der Waals surface area contributed by atoms with Gasteiger partial charge in [0.05, 0.1) is 34.2 Å². The molecule has 1 aromatic rings. The van der Waals surface area contributed by atoms with Crippen LogP contribution in [0.1, 0.15) is 12.1 Å². The number of hydrogen-bond acceptors (Lipinski definition) is 4. The van der Waals surface area contributed by atoms with Gasteiger partial charge in [-0.05, 0) is 22.0 Å². The number of hydrogen-bond donors (Lipinski definition) is 0. The van der Waals surface area contributed by atoms with Gasteiger partial charge in [0, 0.05) is 19.7 Å². The summed E-state index contributed by atoms with van der Waals surface area (Å²) >= 11 is 3.46. The van der Waals surface area contributed by atoms with Crippen molar-refractivity contribution < 1.29 is 4.21 Å². The van der Waals surface area contributed by atoms with E-state index in [1.807, 2.05) is 18.3 Å². The van der Waals surface area contributed by atoms with E-state index >= 15 is 0 Å². The SMILES string of the molecule is CN(C1=NC=C(C#N)C#CC1)S(=O)C1C=Cn2ncc(Br)c2C1. The Hall–Kier alpha value is -2.16. The van der Waals surface area contributed by atoms with Gasteiger partial charge in [-0.15, -0.1) is 0 Å². The molecule has 0 amide bonds. The lowest BCUT2D eigenvalue weighted by Gasteiger charge is -2.25.